The first-order valence-electron chi connectivity index (χ1n) is 6.27. The van der Waals surface area contributed by atoms with Crippen molar-refractivity contribution in [3.63, 3.8) is 0 Å². The van der Waals surface area contributed by atoms with Crippen molar-refractivity contribution in [3.8, 4) is 0 Å². The molecule has 0 saturated heterocycles. The van der Waals surface area contributed by atoms with E-state index in [1.807, 2.05) is 42.3 Å². The van der Waals surface area contributed by atoms with E-state index >= 15 is 0 Å². The van der Waals surface area contributed by atoms with Crippen molar-refractivity contribution in [2.45, 2.75) is 20.0 Å². The van der Waals surface area contributed by atoms with Gasteiger partial charge in [-0.1, -0.05) is 18.2 Å². The smallest absolute Gasteiger partial charge is 0.126 e. The average molecular weight is 259 g/mol. The van der Waals surface area contributed by atoms with Gasteiger partial charge in [-0.2, -0.15) is 0 Å². The van der Waals surface area contributed by atoms with Gasteiger partial charge in [0, 0.05) is 24.0 Å². The predicted octanol–water partition coefficient (Wildman–Crippen LogP) is 3.96. The van der Waals surface area contributed by atoms with E-state index in [-0.39, 0.29) is 5.82 Å². The fraction of sp³-hybridized carbons (Fsp3) is 0.250. The number of para-hydroxylation sites is 1. The first-order chi connectivity index (χ1) is 9.00. The molecule has 2 nitrogen and oxygen atoms in total. The highest BCUT2D eigenvalue weighted by molar-refractivity contribution is 5.67. The molecular weight excluding hydrogens is 241 g/mol. The van der Waals surface area contributed by atoms with E-state index in [2.05, 4.69) is 0 Å². The summed E-state index contributed by atoms with van der Waals surface area (Å²) in [5.74, 6) is -0.291. The summed E-state index contributed by atoms with van der Waals surface area (Å²) in [5, 5.41) is 9.82. The second-order valence-corrected chi connectivity index (χ2v) is 4.73. The Morgan fingerprint density at radius 1 is 1.16 bits per heavy atom. The predicted molar refractivity (Wildman–Crippen MR) is 76.3 cm³/mol. The van der Waals surface area contributed by atoms with Gasteiger partial charge in [0.25, 0.3) is 0 Å². The third-order valence-corrected chi connectivity index (χ3v) is 3.26. The monoisotopic (exact) mass is 259 g/mol. The van der Waals surface area contributed by atoms with Crippen LogP contribution in [-0.2, 0) is 0 Å². The maximum atomic E-state index is 13.7. The Balaban J connectivity index is 2.52. The maximum Gasteiger partial charge on any atom is 0.126 e. The normalized spacial score (nSPS) is 12.3. The molecule has 2 aromatic carbocycles. The molecule has 0 heterocycles. The van der Waals surface area contributed by atoms with Crippen molar-refractivity contribution < 1.29 is 9.50 Å². The largest absolute Gasteiger partial charge is 0.389 e. The molecule has 19 heavy (non-hydrogen) atoms. The minimum Gasteiger partial charge on any atom is -0.389 e. The quantitative estimate of drug-likeness (QED) is 0.902. The molecule has 0 unspecified atom stereocenters. The van der Waals surface area contributed by atoms with E-state index in [9.17, 15) is 9.50 Å². The molecule has 1 atom stereocenters. The van der Waals surface area contributed by atoms with Crippen LogP contribution in [0.3, 0.4) is 0 Å². The zero-order valence-corrected chi connectivity index (χ0v) is 11.4. The Morgan fingerprint density at radius 2 is 1.79 bits per heavy atom. The highest BCUT2D eigenvalue weighted by Gasteiger charge is 2.15. The molecule has 0 aromatic heterocycles. The standard InChI is InChI=1S/C16H18FNO/c1-11-9-16(14(12(2)19)10-15(11)17)18(3)13-7-5-4-6-8-13/h4-10,12,19H,1-3H3/t12-/m1/s1. The summed E-state index contributed by atoms with van der Waals surface area (Å²) < 4.78 is 13.7. The lowest BCUT2D eigenvalue weighted by Gasteiger charge is -2.24. The second-order valence-electron chi connectivity index (χ2n) is 4.73. The van der Waals surface area contributed by atoms with Crippen LogP contribution in [-0.4, -0.2) is 12.2 Å². The molecule has 0 aliphatic heterocycles. The molecule has 0 fully saturated rings. The van der Waals surface area contributed by atoms with Crippen LogP contribution in [0.25, 0.3) is 0 Å². The Kier molecular flexibility index (Phi) is 3.86. The van der Waals surface area contributed by atoms with Gasteiger partial charge in [0.2, 0.25) is 0 Å². The molecule has 0 spiro atoms. The van der Waals surface area contributed by atoms with Crippen LogP contribution in [0.1, 0.15) is 24.2 Å². The van der Waals surface area contributed by atoms with Crippen LogP contribution >= 0.6 is 0 Å². The number of hydrogen-bond acceptors (Lipinski definition) is 2. The average Bonchev–Trinajstić information content (AvgIpc) is 2.41. The summed E-state index contributed by atoms with van der Waals surface area (Å²) in [6, 6.07) is 13.0. The third kappa shape index (κ3) is 2.76. The van der Waals surface area contributed by atoms with Gasteiger partial charge in [0.1, 0.15) is 5.82 Å². The molecule has 0 saturated carbocycles. The van der Waals surface area contributed by atoms with Gasteiger partial charge < -0.3 is 10.0 Å². The second kappa shape index (κ2) is 5.41. The SMILES string of the molecule is Cc1cc(N(C)c2ccccc2)c([C@@H](C)O)cc1F. The molecule has 100 valence electrons. The van der Waals surface area contributed by atoms with Gasteiger partial charge in [-0.05, 0) is 43.7 Å². The summed E-state index contributed by atoms with van der Waals surface area (Å²) >= 11 is 0. The zero-order valence-electron chi connectivity index (χ0n) is 11.4. The number of hydrogen-bond donors (Lipinski definition) is 1. The first kappa shape index (κ1) is 13.6. The number of aliphatic hydroxyl groups excluding tert-OH is 1. The van der Waals surface area contributed by atoms with E-state index in [4.69, 9.17) is 0 Å². The number of aliphatic hydroxyl groups is 1. The van der Waals surface area contributed by atoms with E-state index < -0.39 is 6.10 Å². The van der Waals surface area contributed by atoms with Gasteiger partial charge >= 0.3 is 0 Å². The fourth-order valence-corrected chi connectivity index (χ4v) is 2.10. The Bertz CT molecular complexity index is 566. The van der Waals surface area contributed by atoms with E-state index in [0.717, 1.165) is 11.4 Å². The molecule has 2 rings (SSSR count). The number of rotatable bonds is 3. The molecule has 0 radical (unpaired) electrons. The number of benzene rings is 2. The number of nitrogens with zero attached hydrogens (tertiary/aromatic N) is 1. The van der Waals surface area contributed by atoms with Gasteiger partial charge in [0.15, 0.2) is 0 Å². The van der Waals surface area contributed by atoms with Crippen LogP contribution in [0.2, 0.25) is 0 Å². The molecule has 0 aliphatic carbocycles. The van der Waals surface area contributed by atoms with Crippen molar-refractivity contribution in [3.05, 3.63) is 59.4 Å². The van der Waals surface area contributed by atoms with Gasteiger partial charge in [-0.3, -0.25) is 0 Å². The molecular formula is C16H18FNO. The lowest BCUT2D eigenvalue weighted by atomic mass is 10.0. The van der Waals surface area contributed by atoms with E-state index in [1.165, 1.54) is 6.07 Å². The van der Waals surface area contributed by atoms with Crippen molar-refractivity contribution in [2.24, 2.45) is 0 Å². The van der Waals surface area contributed by atoms with Gasteiger partial charge in [-0.15, -0.1) is 0 Å². The fourth-order valence-electron chi connectivity index (χ4n) is 2.10. The maximum absolute atomic E-state index is 13.7. The lowest BCUT2D eigenvalue weighted by molar-refractivity contribution is 0.199. The van der Waals surface area contributed by atoms with Crippen molar-refractivity contribution in [1.29, 1.82) is 0 Å². The summed E-state index contributed by atoms with van der Waals surface area (Å²) in [7, 11) is 1.91. The van der Waals surface area contributed by atoms with Crippen LogP contribution in [0.5, 0.6) is 0 Å². The van der Waals surface area contributed by atoms with Crippen LogP contribution in [0.15, 0.2) is 42.5 Å². The van der Waals surface area contributed by atoms with Crippen LogP contribution in [0, 0.1) is 12.7 Å². The zero-order chi connectivity index (χ0) is 14.0. The highest BCUT2D eigenvalue weighted by Crippen LogP contribution is 2.32. The summed E-state index contributed by atoms with van der Waals surface area (Å²) in [4.78, 5) is 1.95. The van der Waals surface area contributed by atoms with Crippen LogP contribution in [0.4, 0.5) is 15.8 Å². The molecule has 1 N–H and O–H groups in total. The molecule has 0 amide bonds. The van der Waals surface area contributed by atoms with Crippen molar-refractivity contribution >= 4 is 11.4 Å². The molecule has 3 heteroatoms. The number of halogens is 1. The molecule has 2 aromatic rings. The van der Waals surface area contributed by atoms with Gasteiger partial charge in [0.05, 0.1) is 6.10 Å². The van der Waals surface area contributed by atoms with Crippen LogP contribution < -0.4 is 4.90 Å². The number of aryl methyl sites for hydroxylation is 1. The van der Waals surface area contributed by atoms with E-state index in [1.54, 1.807) is 19.9 Å². The lowest BCUT2D eigenvalue weighted by Crippen LogP contribution is -2.13. The molecule has 0 bridgehead atoms. The summed E-state index contributed by atoms with van der Waals surface area (Å²) in [6.45, 7) is 3.37. The Morgan fingerprint density at radius 3 is 2.37 bits per heavy atom. The summed E-state index contributed by atoms with van der Waals surface area (Å²) in [6.07, 6.45) is -0.712. The van der Waals surface area contributed by atoms with E-state index in [0.29, 0.717) is 11.1 Å². The Labute approximate surface area is 113 Å². The third-order valence-electron chi connectivity index (χ3n) is 3.26. The summed E-state index contributed by atoms with van der Waals surface area (Å²) in [5.41, 5.74) is 2.98. The Hall–Kier alpha value is -1.87. The highest BCUT2D eigenvalue weighted by atomic mass is 19.1. The topological polar surface area (TPSA) is 23.5 Å². The van der Waals surface area contributed by atoms with Crippen molar-refractivity contribution in [1.82, 2.24) is 0 Å². The minimum absolute atomic E-state index is 0.291. The van der Waals surface area contributed by atoms with Crippen molar-refractivity contribution in [2.75, 3.05) is 11.9 Å². The van der Waals surface area contributed by atoms with Gasteiger partial charge in [-0.25, -0.2) is 4.39 Å². The first-order valence-corrected chi connectivity index (χ1v) is 6.27. The molecule has 0 aliphatic rings. The number of anilines is 2. The minimum atomic E-state index is -0.712.